The first-order valence-corrected chi connectivity index (χ1v) is 36.9. The zero-order valence-electron chi connectivity index (χ0n) is 61.7. The molecule has 580 valence electrons. The zero-order chi connectivity index (χ0) is 77.6. The lowest BCUT2D eigenvalue weighted by atomic mass is 10.0. The number of hydrogen-bond donors (Lipinski definition) is 7. The number of anilines is 2. The van der Waals surface area contributed by atoms with Crippen LogP contribution in [0.4, 0.5) is 25.6 Å². The van der Waals surface area contributed by atoms with E-state index in [-0.39, 0.29) is 78.6 Å². The van der Waals surface area contributed by atoms with Gasteiger partial charge in [0.05, 0.1) is 48.6 Å². The number of pyridine rings is 1. The van der Waals surface area contributed by atoms with E-state index in [1.165, 1.54) is 34.2 Å². The molecule has 35 heteroatoms. The van der Waals surface area contributed by atoms with Gasteiger partial charge in [0, 0.05) is 107 Å². The number of nitrogens with zero attached hydrogens (tertiary/aromatic N) is 12. The van der Waals surface area contributed by atoms with E-state index < -0.39 is 40.8 Å². The molecule has 0 unspecified atom stereocenters. The number of carbonyl (C=O) groups is 6. The summed E-state index contributed by atoms with van der Waals surface area (Å²) >= 11 is 29.5. The van der Waals surface area contributed by atoms with Gasteiger partial charge in [-0.15, -0.1) is 12.4 Å². The third-order valence-corrected chi connectivity index (χ3v) is 18.1. The fourth-order valence-electron chi connectivity index (χ4n) is 12.1. The molecule has 28 nitrogen and oxygen atoms in total. The van der Waals surface area contributed by atoms with Gasteiger partial charge < -0.3 is 65.5 Å². The molecule has 13 rings (SSSR count). The molecule has 0 spiro atoms. The molecule has 9 aromatic rings. The largest absolute Gasteiger partial charge is 0.460 e. The lowest BCUT2D eigenvalue weighted by Crippen LogP contribution is -2.44. The van der Waals surface area contributed by atoms with Gasteiger partial charge in [0.15, 0.2) is 5.82 Å². The van der Waals surface area contributed by atoms with E-state index in [9.17, 15) is 33.2 Å². The van der Waals surface area contributed by atoms with Gasteiger partial charge in [-0.3, -0.25) is 24.2 Å². The number of amides is 5. The van der Waals surface area contributed by atoms with Crippen molar-refractivity contribution in [2.45, 2.75) is 150 Å². The Morgan fingerprint density at radius 1 is 0.523 bits per heavy atom. The first-order chi connectivity index (χ1) is 51.3. The van der Waals surface area contributed by atoms with Gasteiger partial charge in [-0.05, 0) is 172 Å². The second-order valence-electron chi connectivity index (χ2n) is 28.6. The van der Waals surface area contributed by atoms with Crippen LogP contribution in [0.1, 0.15) is 125 Å². The van der Waals surface area contributed by atoms with Crippen LogP contribution in [-0.4, -0.2) is 175 Å². The van der Waals surface area contributed by atoms with Crippen LogP contribution in [0.25, 0.3) is 33.2 Å². The highest BCUT2D eigenvalue weighted by atomic mass is 35.5. The number of alkyl carbamates (subject to hydrolysis) is 2. The second-order valence-corrected chi connectivity index (χ2v) is 30.3. The van der Waals surface area contributed by atoms with Crippen molar-refractivity contribution in [2.75, 3.05) is 63.0 Å². The van der Waals surface area contributed by atoms with E-state index >= 15 is 0 Å². The molecule has 0 saturated heterocycles. The fraction of sp³-hybridized carbons (Fsp3) is 0.419. The van der Waals surface area contributed by atoms with Crippen molar-refractivity contribution < 1.29 is 47.4 Å². The Morgan fingerprint density at radius 2 is 0.963 bits per heavy atom. The average molecular weight is 1620 g/mol. The predicted molar refractivity (Wildman–Crippen MR) is 416 cm³/mol. The van der Waals surface area contributed by atoms with Gasteiger partial charge in [-0.1, -0.05) is 59.6 Å². The summed E-state index contributed by atoms with van der Waals surface area (Å²) in [6.07, 6.45) is 9.22. The minimum atomic E-state index is -0.666. The van der Waals surface area contributed by atoms with Gasteiger partial charge in [-0.2, -0.15) is 0 Å². The van der Waals surface area contributed by atoms with Gasteiger partial charge in [0.1, 0.15) is 64.1 Å². The summed E-state index contributed by atoms with van der Waals surface area (Å²) in [6, 6.07) is 17.7. The van der Waals surface area contributed by atoms with E-state index in [1.54, 1.807) is 77.0 Å². The topological polar surface area (TPSA) is 348 Å². The van der Waals surface area contributed by atoms with E-state index in [4.69, 9.17) is 77.2 Å². The average Bonchev–Trinajstić information content (AvgIpc) is 1.67. The molecular formula is C74H86Cl6FN19O9. The van der Waals surface area contributed by atoms with E-state index in [0.29, 0.717) is 109 Å². The second kappa shape index (κ2) is 37.4. The minimum Gasteiger partial charge on any atom is -0.460 e. The number of hydrogen-bond acceptors (Lipinski definition) is 21. The number of aromatic nitrogens is 11. The number of nitrogens with one attached hydrogen (secondary N) is 7. The maximum Gasteiger partial charge on any atom is 0.408 e. The first kappa shape index (κ1) is 83.7. The van der Waals surface area contributed by atoms with Gasteiger partial charge in [-0.25, -0.2) is 53.9 Å². The zero-order valence-corrected chi connectivity index (χ0v) is 66.3. The summed E-state index contributed by atoms with van der Waals surface area (Å²) in [5.41, 5.74) is 9.79. The number of para-hydroxylation sites is 2. The Balaban J connectivity index is 0.000000178. The Morgan fingerprint density at radius 3 is 1.47 bits per heavy atom. The molecular weight excluding hydrogens is 1530 g/mol. The predicted octanol–water partition coefficient (Wildman–Crippen LogP) is 12.1. The fourth-order valence-corrected chi connectivity index (χ4v) is 13.3. The maximum absolute atomic E-state index is 14.0. The summed E-state index contributed by atoms with van der Waals surface area (Å²) < 4.78 is 29.5. The van der Waals surface area contributed by atoms with E-state index in [1.807, 2.05) is 42.7 Å². The third kappa shape index (κ3) is 24.1. The van der Waals surface area contributed by atoms with Crippen LogP contribution in [0.5, 0.6) is 0 Å². The highest BCUT2D eigenvalue weighted by Gasteiger charge is 2.31. The highest BCUT2D eigenvalue weighted by molar-refractivity contribution is 6.33. The van der Waals surface area contributed by atoms with Gasteiger partial charge in [0.25, 0.3) is 0 Å². The summed E-state index contributed by atoms with van der Waals surface area (Å²) in [5.74, 6) is -0.142. The number of H-pyrrole nitrogens is 2. The standard InChI is InChI=1S/C29H31FN6O3.C24H29ClN6O3.C14H18Cl2N4O3.C7H7Cl2N3.ClH/c1-29(2,3)39-26(38)13-25(37)36-11-9-22-24(17-36)34-27(19-12-20(30)16-31-14-19)35-28(22)32-10-8-18-15-33-23-7-5-4-6-21(18)23;1-24(2,3)34-23(33)28-13-20(32)31-11-9-17-19(14-31)29-22(25)30-21(17)26-10-8-15-12-27-18-7-5-4-6-16(15)18;1-14(2,3)23-13(22)17-6-10(21)20-5-4-8-9(7-20)18-12(16)19-11(8)15;8-6-4-1-2-10-3-5(4)11-7(9)12-6;/h4-7,12,14-16,33H,8-11,13,17H2,1-3H3,(H,32,34,35);4-7,12,27H,8-11,13-14H2,1-3H3,(H,28,33)(H,26,29,30);4-7H2,1-3H3,(H,17,22);10H,1-3H2;1H. The number of fused-ring (bicyclic) bond motifs is 6. The Labute approximate surface area is 660 Å². The van der Waals surface area contributed by atoms with Crippen molar-refractivity contribution >= 4 is 140 Å². The van der Waals surface area contributed by atoms with E-state index in [2.05, 4.69) is 94.6 Å². The molecule has 0 saturated carbocycles. The molecule has 11 heterocycles. The number of halogens is 7. The lowest BCUT2D eigenvalue weighted by Gasteiger charge is -2.30. The van der Waals surface area contributed by atoms with Crippen molar-refractivity contribution in [3.8, 4) is 11.4 Å². The van der Waals surface area contributed by atoms with Crippen molar-refractivity contribution in [1.82, 2.24) is 85.5 Å². The summed E-state index contributed by atoms with van der Waals surface area (Å²) in [7, 11) is 0. The molecule has 0 aliphatic carbocycles. The van der Waals surface area contributed by atoms with Crippen LogP contribution in [0.2, 0.25) is 26.2 Å². The van der Waals surface area contributed by atoms with Crippen LogP contribution < -0.4 is 26.6 Å². The minimum absolute atomic E-state index is 0. The normalized spacial score (nSPS) is 13.7. The van der Waals surface area contributed by atoms with Gasteiger partial charge in [0.2, 0.25) is 33.6 Å². The van der Waals surface area contributed by atoms with Crippen molar-refractivity contribution in [2.24, 2.45) is 0 Å². The van der Waals surface area contributed by atoms with Crippen LogP contribution in [-0.2, 0) is 98.1 Å². The number of rotatable bonds is 15. The molecule has 0 radical (unpaired) electrons. The summed E-state index contributed by atoms with van der Waals surface area (Å²) in [5, 5.41) is 18.6. The number of benzene rings is 2. The molecule has 4 aliphatic heterocycles. The molecule has 5 amide bonds. The van der Waals surface area contributed by atoms with Crippen LogP contribution in [0.15, 0.2) is 79.4 Å². The number of carbonyl (C=O) groups excluding carboxylic acids is 6. The van der Waals surface area contributed by atoms with Crippen molar-refractivity contribution in [3.63, 3.8) is 0 Å². The SMILES string of the molecule is CC(C)(C)OC(=O)CC(=O)N1CCc2c(nc(-c3cncc(F)c3)nc2NCCc2c[nH]c3ccccc23)C1.CC(C)(C)OC(=O)NCC(=O)N1CCc2c(Cl)nc(Cl)nc2C1.CC(C)(C)OC(=O)NCC(=O)N1CCc2c(nc(Cl)nc2NCCc2c[nH]c3ccccc23)C1.Cl.Clc1nc(Cl)c2c(n1)CNCC2. The van der Waals surface area contributed by atoms with Crippen LogP contribution >= 0.6 is 70.4 Å². The monoisotopic (exact) mass is 1610 g/mol. The molecule has 0 atom stereocenters. The smallest absolute Gasteiger partial charge is 0.408 e. The van der Waals surface area contributed by atoms with Crippen molar-refractivity contribution in [3.05, 3.63) is 168 Å². The van der Waals surface area contributed by atoms with E-state index in [0.717, 1.165) is 77.5 Å². The third-order valence-electron chi connectivity index (χ3n) is 17.0. The van der Waals surface area contributed by atoms with Crippen LogP contribution in [0, 0.1) is 5.82 Å². The number of aromatic amines is 2. The lowest BCUT2D eigenvalue weighted by molar-refractivity contribution is -0.158. The molecule has 0 bridgehead atoms. The molecule has 2 aromatic carbocycles. The number of esters is 1. The Bertz CT molecular complexity index is 4780. The number of ether oxygens (including phenoxy) is 3. The molecule has 109 heavy (non-hydrogen) atoms. The van der Waals surface area contributed by atoms with Gasteiger partial charge >= 0.3 is 18.2 Å². The molecule has 7 N–H and O–H groups in total. The molecule has 0 fully saturated rings. The highest BCUT2D eigenvalue weighted by Crippen LogP contribution is 2.31. The quantitative estimate of drug-likeness (QED) is 0.0165. The summed E-state index contributed by atoms with van der Waals surface area (Å²) in [6.45, 7) is 20.8. The van der Waals surface area contributed by atoms with Crippen molar-refractivity contribution in [1.29, 1.82) is 0 Å². The first-order valence-electron chi connectivity index (χ1n) is 35.0. The van der Waals surface area contributed by atoms with Crippen LogP contribution in [0.3, 0.4) is 0 Å². The Kier molecular flexibility index (Phi) is 28.7. The Hall–Kier alpha value is -9.36. The summed E-state index contributed by atoms with van der Waals surface area (Å²) in [4.78, 5) is 123. The maximum atomic E-state index is 14.0. The molecule has 7 aromatic heterocycles. The molecule has 4 aliphatic rings.